The van der Waals surface area contributed by atoms with Crippen molar-refractivity contribution in [3.63, 3.8) is 0 Å². The molecule has 0 fully saturated rings. The zero-order chi connectivity index (χ0) is 13.0. The summed E-state index contributed by atoms with van der Waals surface area (Å²) >= 11 is 0. The Morgan fingerprint density at radius 2 is 1.65 bits per heavy atom. The highest BCUT2D eigenvalue weighted by Gasteiger charge is 2.14. The summed E-state index contributed by atoms with van der Waals surface area (Å²) in [4.78, 5) is 0. The van der Waals surface area contributed by atoms with E-state index in [-0.39, 0.29) is 6.10 Å². The SMILES string of the molecule is CCc1cc(CC)c(OC(C)C)c(C(C)C)c1. The van der Waals surface area contributed by atoms with E-state index in [2.05, 4.69) is 53.7 Å². The summed E-state index contributed by atoms with van der Waals surface area (Å²) in [6.45, 7) is 13.1. The number of hydrogen-bond donors (Lipinski definition) is 0. The summed E-state index contributed by atoms with van der Waals surface area (Å²) in [7, 11) is 0. The van der Waals surface area contributed by atoms with E-state index in [0.717, 1.165) is 18.6 Å². The van der Waals surface area contributed by atoms with Crippen molar-refractivity contribution >= 4 is 0 Å². The van der Waals surface area contributed by atoms with E-state index < -0.39 is 0 Å². The van der Waals surface area contributed by atoms with E-state index >= 15 is 0 Å². The van der Waals surface area contributed by atoms with Crippen LogP contribution in [0.5, 0.6) is 5.75 Å². The maximum atomic E-state index is 6.03. The summed E-state index contributed by atoms with van der Waals surface area (Å²) < 4.78 is 6.03. The lowest BCUT2D eigenvalue weighted by atomic mass is 9.94. The highest BCUT2D eigenvalue weighted by atomic mass is 16.5. The molecule has 0 bridgehead atoms. The van der Waals surface area contributed by atoms with Crippen molar-refractivity contribution in [2.24, 2.45) is 0 Å². The molecule has 0 aliphatic carbocycles. The predicted octanol–water partition coefficient (Wildman–Crippen LogP) is 4.72. The monoisotopic (exact) mass is 234 g/mol. The lowest BCUT2D eigenvalue weighted by Gasteiger charge is -2.21. The Kier molecular flexibility index (Phi) is 5.04. The topological polar surface area (TPSA) is 9.23 Å². The second kappa shape index (κ2) is 6.09. The van der Waals surface area contributed by atoms with Crippen molar-refractivity contribution in [3.05, 3.63) is 28.8 Å². The van der Waals surface area contributed by atoms with Gasteiger partial charge >= 0.3 is 0 Å². The van der Waals surface area contributed by atoms with Crippen LogP contribution in [0.25, 0.3) is 0 Å². The zero-order valence-electron chi connectivity index (χ0n) is 12.1. The maximum Gasteiger partial charge on any atom is 0.126 e. The minimum atomic E-state index is 0.241. The molecule has 0 unspecified atom stereocenters. The van der Waals surface area contributed by atoms with Crippen molar-refractivity contribution in [1.82, 2.24) is 0 Å². The summed E-state index contributed by atoms with van der Waals surface area (Å²) in [5, 5.41) is 0. The van der Waals surface area contributed by atoms with Crippen LogP contribution in [-0.2, 0) is 12.8 Å². The van der Waals surface area contributed by atoms with Crippen LogP contribution in [0, 0.1) is 0 Å². The molecule has 1 heteroatoms. The second-order valence-corrected chi connectivity index (χ2v) is 5.20. The van der Waals surface area contributed by atoms with Gasteiger partial charge in [0.25, 0.3) is 0 Å². The van der Waals surface area contributed by atoms with Crippen LogP contribution in [0.2, 0.25) is 0 Å². The van der Waals surface area contributed by atoms with E-state index in [1.54, 1.807) is 0 Å². The molecule has 0 N–H and O–H groups in total. The maximum absolute atomic E-state index is 6.03. The molecule has 0 spiro atoms. The van der Waals surface area contributed by atoms with E-state index in [9.17, 15) is 0 Å². The Labute approximate surface area is 106 Å². The Bertz CT molecular complexity index is 364. The van der Waals surface area contributed by atoms with E-state index in [1.165, 1.54) is 16.7 Å². The molecule has 1 aromatic rings. The van der Waals surface area contributed by atoms with Gasteiger partial charge in [0.1, 0.15) is 5.75 Å². The van der Waals surface area contributed by atoms with E-state index in [0.29, 0.717) is 5.92 Å². The molecule has 0 amide bonds. The molecule has 17 heavy (non-hydrogen) atoms. The molecular weight excluding hydrogens is 208 g/mol. The lowest BCUT2D eigenvalue weighted by Crippen LogP contribution is -2.11. The van der Waals surface area contributed by atoms with Crippen molar-refractivity contribution in [2.75, 3.05) is 0 Å². The predicted molar refractivity (Wildman–Crippen MR) is 75.1 cm³/mol. The standard InChI is InChI=1S/C16H26O/c1-7-13-9-14(8-2)16(17-12(5)6)15(10-13)11(3)4/h9-12H,7-8H2,1-6H3. The molecule has 1 rings (SSSR count). The first-order valence-electron chi connectivity index (χ1n) is 6.81. The van der Waals surface area contributed by atoms with Crippen LogP contribution < -0.4 is 4.74 Å². The van der Waals surface area contributed by atoms with Crippen molar-refractivity contribution in [1.29, 1.82) is 0 Å². The number of rotatable bonds is 5. The van der Waals surface area contributed by atoms with E-state index in [4.69, 9.17) is 4.74 Å². The average Bonchev–Trinajstić information content (AvgIpc) is 2.28. The third kappa shape index (κ3) is 3.49. The third-order valence-corrected chi connectivity index (χ3v) is 3.02. The Hall–Kier alpha value is -0.980. The summed E-state index contributed by atoms with van der Waals surface area (Å²) in [5.41, 5.74) is 4.12. The first-order valence-corrected chi connectivity index (χ1v) is 6.81. The Morgan fingerprint density at radius 3 is 2.06 bits per heavy atom. The van der Waals surface area contributed by atoms with Crippen LogP contribution in [-0.4, -0.2) is 6.10 Å². The Morgan fingerprint density at radius 1 is 1.00 bits per heavy atom. The molecule has 1 aromatic carbocycles. The van der Waals surface area contributed by atoms with Crippen LogP contribution in [0.4, 0.5) is 0 Å². The number of aryl methyl sites for hydroxylation is 2. The summed E-state index contributed by atoms with van der Waals surface area (Å²) in [6, 6.07) is 4.60. The fraction of sp³-hybridized carbons (Fsp3) is 0.625. The van der Waals surface area contributed by atoms with Crippen molar-refractivity contribution in [3.8, 4) is 5.75 Å². The minimum Gasteiger partial charge on any atom is -0.490 e. The van der Waals surface area contributed by atoms with Gasteiger partial charge in [0.15, 0.2) is 0 Å². The molecule has 0 aliphatic rings. The smallest absolute Gasteiger partial charge is 0.126 e. The fourth-order valence-corrected chi connectivity index (χ4v) is 2.06. The average molecular weight is 234 g/mol. The molecule has 96 valence electrons. The molecule has 0 saturated heterocycles. The first-order chi connectivity index (χ1) is 7.99. The first kappa shape index (κ1) is 14.1. The van der Waals surface area contributed by atoms with Gasteiger partial charge in [-0.2, -0.15) is 0 Å². The molecule has 0 aromatic heterocycles. The number of ether oxygens (including phenoxy) is 1. The van der Waals surface area contributed by atoms with Crippen LogP contribution in [0.15, 0.2) is 12.1 Å². The van der Waals surface area contributed by atoms with Gasteiger partial charge < -0.3 is 4.74 Å². The lowest BCUT2D eigenvalue weighted by molar-refractivity contribution is 0.237. The third-order valence-electron chi connectivity index (χ3n) is 3.02. The summed E-state index contributed by atoms with van der Waals surface area (Å²) in [5.74, 6) is 1.63. The molecule has 0 heterocycles. The van der Waals surface area contributed by atoms with Crippen LogP contribution >= 0.6 is 0 Å². The largest absolute Gasteiger partial charge is 0.490 e. The quantitative estimate of drug-likeness (QED) is 0.716. The van der Waals surface area contributed by atoms with Gasteiger partial charge in [-0.1, -0.05) is 39.8 Å². The highest BCUT2D eigenvalue weighted by Crippen LogP contribution is 2.33. The normalized spacial score (nSPS) is 11.3. The minimum absolute atomic E-state index is 0.241. The highest BCUT2D eigenvalue weighted by molar-refractivity contribution is 5.46. The van der Waals surface area contributed by atoms with Gasteiger partial charge in [-0.15, -0.1) is 0 Å². The molecule has 0 saturated carbocycles. The Balaban J connectivity index is 3.30. The van der Waals surface area contributed by atoms with Gasteiger partial charge in [-0.3, -0.25) is 0 Å². The van der Waals surface area contributed by atoms with Crippen molar-refractivity contribution in [2.45, 2.75) is 66.4 Å². The van der Waals surface area contributed by atoms with E-state index in [1.807, 2.05) is 0 Å². The van der Waals surface area contributed by atoms with Crippen LogP contribution in [0.3, 0.4) is 0 Å². The molecule has 0 radical (unpaired) electrons. The fourth-order valence-electron chi connectivity index (χ4n) is 2.06. The van der Waals surface area contributed by atoms with Gasteiger partial charge in [-0.25, -0.2) is 0 Å². The van der Waals surface area contributed by atoms with Crippen molar-refractivity contribution < 1.29 is 4.74 Å². The number of hydrogen-bond acceptors (Lipinski definition) is 1. The molecular formula is C16H26O. The van der Waals surface area contributed by atoms with Crippen LogP contribution in [0.1, 0.15) is 64.2 Å². The second-order valence-electron chi connectivity index (χ2n) is 5.20. The van der Waals surface area contributed by atoms with Gasteiger partial charge in [-0.05, 0) is 49.3 Å². The van der Waals surface area contributed by atoms with Gasteiger partial charge in [0.2, 0.25) is 0 Å². The molecule has 0 atom stereocenters. The van der Waals surface area contributed by atoms with Gasteiger partial charge in [0.05, 0.1) is 6.10 Å². The molecule has 0 aliphatic heterocycles. The summed E-state index contributed by atoms with van der Waals surface area (Å²) in [6.07, 6.45) is 2.37. The van der Waals surface area contributed by atoms with Gasteiger partial charge in [0, 0.05) is 0 Å². The number of benzene rings is 1. The zero-order valence-corrected chi connectivity index (χ0v) is 12.1. The molecule has 1 nitrogen and oxygen atoms in total.